The molecule has 0 spiro atoms. The Morgan fingerprint density at radius 1 is 1.41 bits per heavy atom. The summed E-state index contributed by atoms with van der Waals surface area (Å²) in [5.74, 6) is -0.785. The zero-order valence-electron chi connectivity index (χ0n) is 10.8. The summed E-state index contributed by atoms with van der Waals surface area (Å²) < 4.78 is 0. The third-order valence-corrected chi connectivity index (χ3v) is 2.88. The molecule has 1 aliphatic heterocycles. The second-order valence-corrected chi connectivity index (χ2v) is 5.69. The molecule has 1 atom stereocenters. The van der Waals surface area contributed by atoms with Crippen molar-refractivity contribution in [3.8, 4) is 0 Å². The minimum atomic E-state index is -0.812. The number of carboxylic acid groups (broad SMARTS) is 1. The molecule has 2 N–H and O–H groups in total. The maximum absolute atomic E-state index is 11.8. The number of nitrogens with zero attached hydrogens (tertiary/aromatic N) is 1. The van der Waals surface area contributed by atoms with E-state index in [2.05, 4.69) is 5.32 Å². The highest BCUT2D eigenvalue weighted by Crippen LogP contribution is 2.15. The van der Waals surface area contributed by atoms with Gasteiger partial charge in [0, 0.05) is 18.0 Å². The maximum atomic E-state index is 11.8. The Labute approximate surface area is 102 Å². The van der Waals surface area contributed by atoms with Gasteiger partial charge in [0.1, 0.15) is 0 Å². The summed E-state index contributed by atoms with van der Waals surface area (Å²) in [7, 11) is 0. The number of hydrogen-bond donors (Lipinski definition) is 2. The minimum absolute atomic E-state index is 0.0275. The maximum Gasteiger partial charge on any atom is 0.317 e. The zero-order valence-corrected chi connectivity index (χ0v) is 10.8. The number of carbonyl (C=O) groups excluding carboxylic acids is 1. The Hall–Kier alpha value is -1.10. The molecule has 17 heavy (non-hydrogen) atoms. The molecule has 1 rings (SSSR count). The average molecular weight is 242 g/mol. The van der Waals surface area contributed by atoms with Crippen LogP contribution in [0.15, 0.2) is 0 Å². The van der Waals surface area contributed by atoms with Crippen LogP contribution in [-0.2, 0) is 9.59 Å². The Balaban J connectivity index is 2.45. The summed E-state index contributed by atoms with van der Waals surface area (Å²) >= 11 is 0. The van der Waals surface area contributed by atoms with Gasteiger partial charge in [-0.2, -0.15) is 0 Å². The second-order valence-electron chi connectivity index (χ2n) is 5.69. The van der Waals surface area contributed by atoms with Gasteiger partial charge in [-0.15, -0.1) is 0 Å². The smallest absolute Gasteiger partial charge is 0.317 e. The molecule has 1 fully saturated rings. The van der Waals surface area contributed by atoms with Gasteiger partial charge in [0.2, 0.25) is 5.91 Å². The van der Waals surface area contributed by atoms with Crippen molar-refractivity contribution in [1.82, 2.24) is 10.2 Å². The molecular weight excluding hydrogens is 220 g/mol. The highest BCUT2D eigenvalue weighted by Gasteiger charge is 2.27. The van der Waals surface area contributed by atoms with Crippen LogP contribution in [0.1, 0.15) is 33.6 Å². The van der Waals surface area contributed by atoms with Crippen molar-refractivity contribution in [2.24, 2.45) is 5.41 Å². The predicted octanol–water partition coefficient (Wildman–Crippen LogP) is 0.698. The van der Waals surface area contributed by atoms with E-state index in [4.69, 9.17) is 5.11 Å². The molecule has 1 aliphatic rings. The number of aliphatic carboxylic acids is 1. The molecule has 0 bridgehead atoms. The predicted molar refractivity (Wildman–Crippen MR) is 64.7 cm³/mol. The zero-order chi connectivity index (χ0) is 13.1. The Kier molecular flexibility index (Phi) is 4.51. The monoisotopic (exact) mass is 242 g/mol. The fourth-order valence-corrected chi connectivity index (χ4v) is 1.91. The van der Waals surface area contributed by atoms with Crippen molar-refractivity contribution in [3.63, 3.8) is 0 Å². The van der Waals surface area contributed by atoms with Gasteiger partial charge >= 0.3 is 5.97 Å². The lowest BCUT2D eigenvalue weighted by Gasteiger charge is -2.33. The lowest BCUT2D eigenvalue weighted by Crippen LogP contribution is -2.51. The van der Waals surface area contributed by atoms with E-state index in [0.717, 1.165) is 19.4 Å². The normalized spacial score (nSPS) is 22.2. The number of hydrogen-bond acceptors (Lipinski definition) is 3. The largest absolute Gasteiger partial charge is 0.480 e. The molecule has 0 aromatic rings. The van der Waals surface area contributed by atoms with Crippen LogP contribution in [0.4, 0.5) is 0 Å². The van der Waals surface area contributed by atoms with E-state index in [0.29, 0.717) is 6.54 Å². The Morgan fingerprint density at radius 2 is 2.06 bits per heavy atom. The quantitative estimate of drug-likeness (QED) is 0.764. The standard InChI is InChI=1S/C12H22N2O3/c1-12(2,3)11(17)13-9-5-4-6-14(7-9)8-10(15)16/h9H,4-8H2,1-3H3,(H,13,17)(H,15,16). The SMILES string of the molecule is CC(C)(C)C(=O)NC1CCCN(CC(=O)O)C1. The van der Waals surface area contributed by atoms with Crippen LogP contribution in [0.2, 0.25) is 0 Å². The van der Waals surface area contributed by atoms with Gasteiger partial charge in [-0.1, -0.05) is 20.8 Å². The molecule has 0 aromatic heterocycles. The third-order valence-electron chi connectivity index (χ3n) is 2.88. The van der Waals surface area contributed by atoms with Crippen molar-refractivity contribution >= 4 is 11.9 Å². The van der Waals surface area contributed by atoms with E-state index in [9.17, 15) is 9.59 Å². The van der Waals surface area contributed by atoms with Crippen molar-refractivity contribution in [1.29, 1.82) is 0 Å². The number of nitrogens with one attached hydrogen (secondary N) is 1. The van der Waals surface area contributed by atoms with Crippen LogP contribution in [0, 0.1) is 5.41 Å². The highest BCUT2D eigenvalue weighted by atomic mass is 16.4. The van der Waals surface area contributed by atoms with Gasteiger partial charge < -0.3 is 10.4 Å². The van der Waals surface area contributed by atoms with E-state index in [-0.39, 0.29) is 18.5 Å². The number of amides is 1. The van der Waals surface area contributed by atoms with Crippen molar-refractivity contribution in [2.75, 3.05) is 19.6 Å². The molecule has 5 nitrogen and oxygen atoms in total. The van der Waals surface area contributed by atoms with Crippen LogP contribution in [0.25, 0.3) is 0 Å². The Morgan fingerprint density at radius 3 is 2.59 bits per heavy atom. The lowest BCUT2D eigenvalue weighted by molar-refractivity contribution is -0.138. The summed E-state index contributed by atoms with van der Waals surface area (Å²) in [6.07, 6.45) is 1.86. The summed E-state index contributed by atoms with van der Waals surface area (Å²) in [5, 5.41) is 11.7. The summed E-state index contributed by atoms with van der Waals surface area (Å²) in [4.78, 5) is 24.3. The van der Waals surface area contributed by atoms with Crippen LogP contribution in [-0.4, -0.2) is 47.6 Å². The van der Waals surface area contributed by atoms with E-state index in [1.807, 2.05) is 25.7 Å². The van der Waals surface area contributed by atoms with Crippen molar-refractivity contribution < 1.29 is 14.7 Å². The van der Waals surface area contributed by atoms with Gasteiger partial charge in [0.15, 0.2) is 0 Å². The molecule has 98 valence electrons. The fraction of sp³-hybridized carbons (Fsp3) is 0.833. The van der Waals surface area contributed by atoms with Gasteiger partial charge in [-0.05, 0) is 19.4 Å². The molecule has 5 heteroatoms. The molecule has 0 radical (unpaired) electrons. The summed E-state index contributed by atoms with van der Waals surface area (Å²) in [5.41, 5.74) is -0.394. The van der Waals surface area contributed by atoms with Gasteiger partial charge in [-0.3, -0.25) is 14.5 Å². The first-order valence-electron chi connectivity index (χ1n) is 6.04. The van der Waals surface area contributed by atoms with Crippen molar-refractivity contribution in [2.45, 2.75) is 39.7 Å². The van der Waals surface area contributed by atoms with Crippen LogP contribution in [0.3, 0.4) is 0 Å². The number of rotatable bonds is 3. The first kappa shape index (κ1) is 14.0. The fourth-order valence-electron chi connectivity index (χ4n) is 1.91. The first-order valence-corrected chi connectivity index (χ1v) is 6.04. The minimum Gasteiger partial charge on any atom is -0.480 e. The summed E-state index contributed by atoms with van der Waals surface area (Å²) in [6.45, 7) is 7.12. The first-order chi connectivity index (χ1) is 7.79. The van der Waals surface area contributed by atoms with Crippen molar-refractivity contribution in [3.05, 3.63) is 0 Å². The molecule has 1 saturated heterocycles. The Bertz CT molecular complexity index is 297. The van der Waals surface area contributed by atoms with Crippen LogP contribution < -0.4 is 5.32 Å². The van der Waals surface area contributed by atoms with E-state index >= 15 is 0 Å². The average Bonchev–Trinajstić information content (AvgIpc) is 2.15. The van der Waals surface area contributed by atoms with Gasteiger partial charge in [-0.25, -0.2) is 0 Å². The number of carboxylic acids is 1. The molecule has 1 unspecified atom stereocenters. The van der Waals surface area contributed by atoms with E-state index < -0.39 is 11.4 Å². The number of likely N-dealkylation sites (tertiary alicyclic amines) is 1. The highest BCUT2D eigenvalue weighted by molar-refractivity contribution is 5.81. The summed E-state index contributed by atoms with van der Waals surface area (Å²) in [6, 6.07) is 0.0785. The molecule has 1 amide bonds. The molecule has 0 aliphatic carbocycles. The molecule has 1 heterocycles. The van der Waals surface area contributed by atoms with Gasteiger partial charge in [0.05, 0.1) is 6.54 Å². The second kappa shape index (κ2) is 5.49. The van der Waals surface area contributed by atoms with E-state index in [1.165, 1.54) is 0 Å². The number of carbonyl (C=O) groups is 2. The molecular formula is C12H22N2O3. The topological polar surface area (TPSA) is 69.6 Å². The van der Waals surface area contributed by atoms with E-state index in [1.54, 1.807) is 0 Å². The molecule has 0 saturated carbocycles. The van der Waals surface area contributed by atoms with Crippen LogP contribution in [0.5, 0.6) is 0 Å². The van der Waals surface area contributed by atoms with Gasteiger partial charge in [0.25, 0.3) is 0 Å². The van der Waals surface area contributed by atoms with Crippen LogP contribution >= 0.6 is 0 Å². The third kappa shape index (κ3) is 4.73. The lowest BCUT2D eigenvalue weighted by atomic mass is 9.94. The number of piperidine rings is 1. The molecule has 0 aromatic carbocycles.